The average molecular weight is 514 g/mol. The largest absolute Gasteiger partial charge is 0.507 e. The number of likely N-dealkylation sites (tertiary alicyclic amines) is 1. The highest BCUT2D eigenvalue weighted by Gasteiger charge is 2.46. The molecule has 1 aliphatic heterocycles. The van der Waals surface area contributed by atoms with Gasteiger partial charge in [0.25, 0.3) is 11.7 Å². The van der Waals surface area contributed by atoms with E-state index in [1.807, 2.05) is 62.4 Å². The van der Waals surface area contributed by atoms with E-state index < -0.39 is 17.7 Å². The number of ketones is 1. The molecule has 1 unspecified atom stereocenters. The van der Waals surface area contributed by atoms with Crippen molar-refractivity contribution in [1.82, 2.24) is 4.90 Å². The lowest BCUT2D eigenvalue weighted by Crippen LogP contribution is -2.29. The molecule has 38 heavy (non-hydrogen) atoms. The molecule has 6 nitrogen and oxygen atoms in total. The Bertz CT molecular complexity index is 1310. The van der Waals surface area contributed by atoms with Crippen LogP contribution in [-0.4, -0.2) is 34.9 Å². The normalized spacial score (nSPS) is 16.8. The molecule has 0 aliphatic carbocycles. The van der Waals surface area contributed by atoms with Crippen molar-refractivity contribution in [1.29, 1.82) is 0 Å². The molecule has 3 aromatic carbocycles. The summed E-state index contributed by atoms with van der Waals surface area (Å²) in [6.07, 6.45) is 0.884. The molecule has 0 aromatic heterocycles. The molecule has 1 aliphatic rings. The Morgan fingerprint density at radius 2 is 1.61 bits per heavy atom. The van der Waals surface area contributed by atoms with Crippen molar-refractivity contribution >= 4 is 17.4 Å². The number of nitrogens with zero attached hydrogens (tertiary/aromatic N) is 1. The molecule has 1 saturated heterocycles. The molecule has 1 N–H and O–H groups in total. The maximum atomic E-state index is 13.3. The quantitative estimate of drug-likeness (QED) is 0.192. The van der Waals surface area contributed by atoms with E-state index in [0.29, 0.717) is 30.4 Å². The van der Waals surface area contributed by atoms with Gasteiger partial charge in [0, 0.05) is 12.1 Å². The number of hydrogen-bond acceptors (Lipinski definition) is 5. The molecule has 0 saturated carbocycles. The van der Waals surface area contributed by atoms with Crippen LogP contribution in [0.3, 0.4) is 0 Å². The lowest BCUT2D eigenvalue weighted by molar-refractivity contribution is -0.140. The van der Waals surface area contributed by atoms with Gasteiger partial charge in [0.15, 0.2) is 0 Å². The minimum absolute atomic E-state index is 0.0831. The SMILES string of the molecule is CCCOc1ccc(/C(O)=C2/C(=O)C(=O)N(Cc3ccc(OCC(C)C)cc3)C2c2cccc(C)c2)cc1. The van der Waals surface area contributed by atoms with E-state index in [1.54, 1.807) is 24.3 Å². The van der Waals surface area contributed by atoms with Gasteiger partial charge in [-0.2, -0.15) is 0 Å². The van der Waals surface area contributed by atoms with Crippen LogP contribution in [0.1, 0.15) is 55.5 Å². The van der Waals surface area contributed by atoms with Crippen molar-refractivity contribution in [3.8, 4) is 11.5 Å². The van der Waals surface area contributed by atoms with Crippen LogP contribution in [0.2, 0.25) is 0 Å². The number of rotatable bonds is 10. The van der Waals surface area contributed by atoms with Crippen LogP contribution in [-0.2, 0) is 16.1 Å². The number of carbonyl (C=O) groups is 2. The first kappa shape index (κ1) is 27.0. The van der Waals surface area contributed by atoms with E-state index in [1.165, 1.54) is 4.90 Å². The van der Waals surface area contributed by atoms with Gasteiger partial charge in [-0.15, -0.1) is 0 Å². The molecule has 1 heterocycles. The van der Waals surface area contributed by atoms with E-state index in [2.05, 4.69) is 13.8 Å². The molecule has 1 fully saturated rings. The number of benzene rings is 3. The van der Waals surface area contributed by atoms with Gasteiger partial charge in [0.05, 0.1) is 24.8 Å². The Morgan fingerprint density at radius 3 is 2.24 bits per heavy atom. The van der Waals surface area contributed by atoms with E-state index >= 15 is 0 Å². The van der Waals surface area contributed by atoms with Crippen LogP contribution < -0.4 is 9.47 Å². The zero-order valence-corrected chi connectivity index (χ0v) is 22.4. The highest BCUT2D eigenvalue weighted by atomic mass is 16.5. The Balaban J connectivity index is 1.70. The third-order valence-corrected chi connectivity index (χ3v) is 6.36. The number of aliphatic hydroxyl groups excluding tert-OH is 1. The van der Waals surface area contributed by atoms with Crippen molar-refractivity contribution < 1.29 is 24.2 Å². The van der Waals surface area contributed by atoms with Crippen LogP contribution in [0.4, 0.5) is 0 Å². The second-order valence-electron chi connectivity index (χ2n) is 10.1. The predicted octanol–water partition coefficient (Wildman–Crippen LogP) is 6.44. The third-order valence-electron chi connectivity index (χ3n) is 6.36. The summed E-state index contributed by atoms with van der Waals surface area (Å²) < 4.78 is 11.4. The van der Waals surface area contributed by atoms with Crippen molar-refractivity contribution in [3.05, 3.63) is 101 Å². The van der Waals surface area contributed by atoms with Gasteiger partial charge in [-0.05, 0) is 66.8 Å². The molecular weight excluding hydrogens is 478 g/mol. The Hall–Kier alpha value is -4.06. The highest BCUT2D eigenvalue weighted by molar-refractivity contribution is 6.46. The van der Waals surface area contributed by atoms with E-state index in [-0.39, 0.29) is 17.9 Å². The molecule has 3 aromatic rings. The summed E-state index contributed by atoms with van der Waals surface area (Å²) in [7, 11) is 0. The summed E-state index contributed by atoms with van der Waals surface area (Å²) >= 11 is 0. The number of hydrogen-bond donors (Lipinski definition) is 1. The smallest absolute Gasteiger partial charge is 0.295 e. The molecule has 0 spiro atoms. The van der Waals surface area contributed by atoms with Crippen LogP contribution in [0.5, 0.6) is 11.5 Å². The van der Waals surface area contributed by atoms with Gasteiger partial charge in [-0.3, -0.25) is 9.59 Å². The number of ether oxygens (including phenoxy) is 2. The van der Waals surface area contributed by atoms with Crippen LogP contribution >= 0.6 is 0 Å². The van der Waals surface area contributed by atoms with Gasteiger partial charge >= 0.3 is 0 Å². The van der Waals surface area contributed by atoms with Gasteiger partial charge in [0.2, 0.25) is 0 Å². The average Bonchev–Trinajstić information content (AvgIpc) is 3.16. The van der Waals surface area contributed by atoms with Crippen molar-refractivity contribution in [2.45, 2.75) is 46.7 Å². The Kier molecular flexibility index (Phi) is 8.52. The number of carbonyl (C=O) groups excluding carboxylic acids is 2. The lowest BCUT2D eigenvalue weighted by Gasteiger charge is -2.26. The summed E-state index contributed by atoms with van der Waals surface area (Å²) in [5, 5.41) is 11.3. The van der Waals surface area contributed by atoms with E-state index in [0.717, 1.165) is 28.9 Å². The van der Waals surface area contributed by atoms with Gasteiger partial charge in [-0.1, -0.05) is 62.7 Å². The number of aryl methyl sites for hydroxylation is 1. The molecular formula is C32H35NO5. The third kappa shape index (κ3) is 6.08. The lowest BCUT2D eigenvalue weighted by atomic mass is 9.94. The zero-order chi connectivity index (χ0) is 27.2. The summed E-state index contributed by atoms with van der Waals surface area (Å²) in [4.78, 5) is 28.2. The minimum Gasteiger partial charge on any atom is -0.507 e. The topological polar surface area (TPSA) is 76.1 Å². The second kappa shape index (κ2) is 12.0. The van der Waals surface area contributed by atoms with Crippen molar-refractivity contribution in [2.24, 2.45) is 5.92 Å². The predicted molar refractivity (Wildman–Crippen MR) is 148 cm³/mol. The van der Waals surface area contributed by atoms with Gasteiger partial charge in [0.1, 0.15) is 17.3 Å². The van der Waals surface area contributed by atoms with Crippen molar-refractivity contribution in [3.63, 3.8) is 0 Å². The van der Waals surface area contributed by atoms with E-state index in [4.69, 9.17) is 9.47 Å². The molecule has 1 amide bonds. The number of aliphatic hydroxyl groups is 1. The number of amides is 1. The van der Waals surface area contributed by atoms with Crippen LogP contribution in [0, 0.1) is 12.8 Å². The monoisotopic (exact) mass is 513 g/mol. The first-order valence-corrected chi connectivity index (χ1v) is 13.1. The van der Waals surface area contributed by atoms with E-state index in [9.17, 15) is 14.7 Å². The molecule has 4 rings (SSSR count). The molecule has 0 bridgehead atoms. The molecule has 6 heteroatoms. The van der Waals surface area contributed by atoms with Gasteiger partial charge in [-0.25, -0.2) is 0 Å². The fourth-order valence-electron chi connectivity index (χ4n) is 4.46. The Morgan fingerprint density at radius 1 is 0.947 bits per heavy atom. The molecule has 0 radical (unpaired) electrons. The van der Waals surface area contributed by atoms with Crippen molar-refractivity contribution in [2.75, 3.05) is 13.2 Å². The van der Waals surface area contributed by atoms with Gasteiger partial charge < -0.3 is 19.5 Å². The summed E-state index contributed by atoms with van der Waals surface area (Å²) in [5.74, 6) is 0.317. The first-order chi connectivity index (χ1) is 18.3. The summed E-state index contributed by atoms with van der Waals surface area (Å²) in [6.45, 7) is 9.59. The van der Waals surface area contributed by atoms with Crippen LogP contribution in [0.25, 0.3) is 5.76 Å². The second-order valence-corrected chi connectivity index (χ2v) is 10.1. The zero-order valence-electron chi connectivity index (χ0n) is 22.4. The van der Waals surface area contributed by atoms with Crippen LogP contribution in [0.15, 0.2) is 78.4 Å². The maximum Gasteiger partial charge on any atom is 0.295 e. The summed E-state index contributed by atoms with van der Waals surface area (Å²) in [5.41, 5.74) is 3.16. The Labute approximate surface area is 224 Å². The molecule has 198 valence electrons. The molecule has 1 atom stereocenters. The highest BCUT2D eigenvalue weighted by Crippen LogP contribution is 2.40. The fraction of sp³-hybridized carbons (Fsp3) is 0.312. The first-order valence-electron chi connectivity index (χ1n) is 13.1. The number of Topliss-reactive ketones (excluding diaryl/α,β-unsaturated/α-hetero) is 1. The standard InChI is InChI=1S/C32H35NO5/c1-5-17-37-26-15-11-24(12-16-26)30(34)28-29(25-8-6-7-22(4)18-25)33(32(36)31(28)35)19-23-9-13-27(14-10-23)38-20-21(2)3/h6-16,18,21,29,34H,5,17,19-20H2,1-4H3/b30-28-. The maximum absolute atomic E-state index is 13.3. The summed E-state index contributed by atoms with van der Waals surface area (Å²) in [6, 6.07) is 21.4. The minimum atomic E-state index is -0.720. The fourth-order valence-corrected chi connectivity index (χ4v) is 4.46.